The summed E-state index contributed by atoms with van der Waals surface area (Å²) >= 11 is 4.10. The lowest BCUT2D eigenvalue weighted by Crippen LogP contribution is -2.01. The quantitative estimate of drug-likeness (QED) is 0.665. The van der Waals surface area contributed by atoms with E-state index >= 15 is 0 Å². The molecule has 1 heterocycles. The van der Waals surface area contributed by atoms with Crippen LogP contribution in [-0.2, 0) is 0 Å². The maximum Gasteiger partial charge on any atom is 0.338 e. The molecule has 0 radical (unpaired) electrons. The predicted molar refractivity (Wildman–Crippen MR) is 76.1 cm³/mol. The molecule has 2 aromatic rings. The number of aromatic nitrogens is 1. The van der Waals surface area contributed by atoms with Gasteiger partial charge >= 0.3 is 5.97 Å². The standard InChI is InChI=1S/C12H7BrN2O4S/c13-7-5-8(12(16)17)11(14-6-7)20-10-4-2-1-3-9(10)15(18)19/h1-6H,(H,16,17). The number of nitro groups is 1. The molecule has 0 saturated carbocycles. The minimum atomic E-state index is -1.14. The highest BCUT2D eigenvalue weighted by molar-refractivity contribution is 9.10. The molecule has 0 atom stereocenters. The van der Waals surface area contributed by atoms with Crippen LogP contribution in [0.2, 0.25) is 0 Å². The van der Waals surface area contributed by atoms with E-state index in [9.17, 15) is 14.9 Å². The van der Waals surface area contributed by atoms with Crippen LogP contribution in [-0.4, -0.2) is 21.0 Å². The van der Waals surface area contributed by atoms with Crippen LogP contribution in [0.4, 0.5) is 5.69 Å². The fraction of sp³-hybridized carbons (Fsp3) is 0. The van der Waals surface area contributed by atoms with Crippen molar-refractivity contribution in [1.82, 2.24) is 4.98 Å². The predicted octanol–water partition coefficient (Wildman–Crippen LogP) is 3.60. The van der Waals surface area contributed by atoms with Gasteiger partial charge in [0.2, 0.25) is 0 Å². The van der Waals surface area contributed by atoms with E-state index in [1.165, 1.54) is 18.3 Å². The summed E-state index contributed by atoms with van der Waals surface area (Å²) in [7, 11) is 0. The zero-order valence-corrected chi connectivity index (χ0v) is 12.2. The number of para-hydroxylation sites is 1. The van der Waals surface area contributed by atoms with Gasteiger partial charge in [-0.3, -0.25) is 10.1 Å². The highest BCUT2D eigenvalue weighted by atomic mass is 79.9. The van der Waals surface area contributed by atoms with E-state index in [1.54, 1.807) is 18.2 Å². The lowest BCUT2D eigenvalue weighted by Gasteiger charge is -2.05. The van der Waals surface area contributed by atoms with E-state index in [2.05, 4.69) is 20.9 Å². The number of carbonyl (C=O) groups is 1. The summed E-state index contributed by atoms with van der Waals surface area (Å²) < 4.78 is 0.529. The van der Waals surface area contributed by atoms with Crippen LogP contribution in [0.5, 0.6) is 0 Å². The molecule has 0 bridgehead atoms. The summed E-state index contributed by atoms with van der Waals surface area (Å²) in [5.41, 5.74) is -0.0962. The number of nitro benzene ring substituents is 1. The normalized spacial score (nSPS) is 10.2. The topological polar surface area (TPSA) is 93.3 Å². The maximum atomic E-state index is 11.2. The van der Waals surface area contributed by atoms with Crippen molar-refractivity contribution >= 4 is 39.3 Å². The molecule has 1 aromatic heterocycles. The van der Waals surface area contributed by atoms with Crippen molar-refractivity contribution in [2.24, 2.45) is 0 Å². The van der Waals surface area contributed by atoms with Gasteiger partial charge in [-0.2, -0.15) is 0 Å². The van der Waals surface area contributed by atoms with Gasteiger partial charge in [-0.25, -0.2) is 9.78 Å². The average Bonchev–Trinajstić information content (AvgIpc) is 2.41. The highest BCUT2D eigenvalue weighted by Gasteiger charge is 2.18. The van der Waals surface area contributed by atoms with Crippen LogP contribution < -0.4 is 0 Å². The molecule has 8 heteroatoms. The zero-order valence-electron chi connectivity index (χ0n) is 9.82. The van der Waals surface area contributed by atoms with E-state index in [1.807, 2.05) is 0 Å². The minimum Gasteiger partial charge on any atom is -0.478 e. The molecule has 0 fully saturated rings. The summed E-state index contributed by atoms with van der Waals surface area (Å²) in [5.74, 6) is -1.14. The Morgan fingerprint density at radius 1 is 1.40 bits per heavy atom. The van der Waals surface area contributed by atoms with Crippen LogP contribution in [0.1, 0.15) is 10.4 Å². The zero-order chi connectivity index (χ0) is 14.7. The number of carboxylic acid groups (broad SMARTS) is 1. The van der Waals surface area contributed by atoms with E-state index in [0.717, 1.165) is 11.8 Å². The molecule has 1 aromatic carbocycles. The number of nitrogens with zero attached hydrogens (tertiary/aromatic N) is 2. The summed E-state index contributed by atoms with van der Waals surface area (Å²) in [6.07, 6.45) is 1.45. The van der Waals surface area contributed by atoms with Gasteiger partial charge in [-0.05, 0) is 28.1 Å². The van der Waals surface area contributed by atoms with Gasteiger partial charge in [0, 0.05) is 16.7 Å². The van der Waals surface area contributed by atoms with Crippen LogP contribution >= 0.6 is 27.7 Å². The van der Waals surface area contributed by atoms with Crippen molar-refractivity contribution in [2.45, 2.75) is 9.92 Å². The number of pyridine rings is 1. The molecular formula is C12H7BrN2O4S. The van der Waals surface area contributed by atoms with Crippen molar-refractivity contribution < 1.29 is 14.8 Å². The Balaban J connectivity index is 2.45. The molecule has 6 nitrogen and oxygen atoms in total. The largest absolute Gasteiger partial charge is 0.478 e. The Morgan fingerprint density at radius 2 is 2.10 bits per heavy atom. The SMILES string of the molecule is O=C(O)c1cc(Br)cnc1Sc1ccccc1[N+](=O)[O-]. The molecule has 0 aliphatic heterocycles. The second-order valence-electron chi connectivity index (χ2n) is 3.64. The number of rotatable bonds is 4. The van der Waals surface area contributed by atoms with Gasteiger partial charge in [0.25, 0.3) is 5.69 Å². The number of benzene rings is 1. The van der Waals surface area contributed by atoms with Gasteiger partial charge in [0.15, 0.2) is 0 Å². The van der Waals surface area contributed by atoms with E-state index in [4.69, 9.17) is 5.11 Å². The third kappa shape index (κ3) is 3.14. The first-order chi connectivity index (χ1) is 9.49. The summed E-state index contributed by atoms with van der Waals surface area (Å²) in [4.78, 5) is 25.9. The van der Waals surface area contributed by atoms with Gasteiger partial charge in [0.1, 0.15) is 5.03 Å². The van der Waals surface area contributed by atoms with Crippen LogP contribution in [0.3, 0.4) is 0 Å². The van der Waals surface area contributed by atoms with Gasteiger partial charge in [-0.1, -0.05) is 23.9 Å². The molecule has 0 aliphatic carbocycles. The van der Waals surface area contributed by atoms with Gasteiger partial charge < -0.3 is 5.11 Å². The summed E-state index contributed by atoms with van der Waals surface area (Å²) in [6.45, 7) is 0. The molecule has 2 rings (SSSR count). The molecular weight excluding hydrogens is 348 g/mol. The second-order valence-corrected chi connectivity index (χ2v) is 5.58. The molecule has 20 heavy (non-hydrogen) atoms. The van der Waals surface area contributed by atoms with Crippen molar-refractivity contribution in [3.63, 3.8) is 0 Å². The van der Waals surface area contributed by atoms with Gasteiger partial charge in [-0.15, -0.1) is 0 Å². The van der Waals surface area contributed by atoms with E-state index in [-0.39, 0.29) is 16.3 Å². The summed E-state index contributed by atoms with van der Waals surface area (Å²) in [5, 5.41) is 20.3. The first-order valence-corrected chi connectivity index (χ1v) is 6.90. The Morgan fingerprint density at radius 3 is 2.75 bits per heavy atom. The molecule has 0 aliphatic rings. The average molecular weight is 355 g/mol. The Bertz CT molecular complexity index is 693. The molecule has 0 spiro atoms. The lowest BCUT2D eigenvalue weighted by atomic mass is 10.3. The molecule has 0 unspecified atom stereocenters. The lowest BCUT2D eigenvalue weighted by molar-refractivity contribution is -0.387. The first-order valence-electron chi connectivity index (χ1n) is 5.29. The van der Waals surface area contributed by atoms with Crippen molar-refractivity contribution in [3.8, 4) is 0 Å². The van der Waals surface area contributed by atoms with Gasteiger partial charge in [0.05, 0.1) is 15.4 Å². The van der Waals surface area contributed by atoms with Crippen LogP contribution in [0.25, 0.3) is 0 Å². The molecule has 102 valence electrons. The third-order valence-corrected chi connectivity index (χ3v) is 3.83. The highest BCUT2D eigenvalue weighted by Crippen LogP contribution is 2.35. The van der Waals surface area contributed by atoms with Crippen molar-refractivity contribution in [3.05, 3.63) is 56.7 Å². The molecule has 1 N–H and O–H groups in total. The van der Waals surface area contributed by atoms with Crippen molar-refractivity contribution in [1.29, 1.82) is 0 Å². The minimum absolute atomic E-state index is 0.0115. The number of carboxylic acids is 1. The Hall–Kier alpha value is -1.93. The van der Waals surface area contributed by atoms with E-state index in [0.29, 0.717) is 9.37 Å². The second kappa shape index (κ2) is 6.02. The van der Waals surface area contributed by atoms with Crippen molar-refractivity contribution in [2.75, 3.05) is 0 Å². The fourth-order valence-corrected chi connectivity index (χ4v) is 2.75. The number of hydrogen-bond donors (Lipinski definition) is 1. The first kappa shape index (κ1) is 14.5. The van der Waals surface area contributed by atoms with Crippen LogP contribution in [0.15, 0.2) is 50.9 Å². The Labute approximate surface area is 126 Å². The molecule has 0 amide bonds. The number of halogens is 1. The number of aromatic carboxylic acids is 1. The number of hydrogen-bond acceptors (Lipinski definition) is 5. The maximum absolute atomic E-state index is 11.2. The Kier molecular flexibility index (Phi) is 4.35. The van der Waals surface area contributed by atoms with E-state index < -0.39 is 10.9 Å². The summed E-state index contributed by atoms with van der Waals surface area (Å²) in [6, 6.07) is 7.52. The third-order valence-electron chi connectivity index (χ3n) is 2.32. The monoisotopic (exact) mass is 354 g/mol. The fourth-order valence-electron chi connectivity index (χ4n) is 1.46. The molecule has 0 saturated heterocycles. The van der Waals surface area contributed by atoms with Crippen LogP contribution in [0, 0.1) is 10.1 Å². The smallest absolute Gasteiger partial charge is 0.338 e.